The zero-order valence-electron chi connectivity index (χ0n) is 17.0. The van der Waals surface area contributed by atoms with Crippen LogP contribution in [0.2, 0.25) is 5.02 Å². The monoisotopic (exact) mass is 435 g/mol. The number of piperidine rings is 1. The first-order valence-corrected chi connectivity index (χ1v) is 10.9. The lowest BCUT2D eigenvalue weighted by Gasteiger charge is -2.38. The van der Waals surface area contributed by atoms with Crippen LogP contribution in [0.3, 0.4) is 0 Å². The Labute approximate surface area is 183 Å². The topological polar surface area (TPSA) is 106 Å². The van der Waals surface area contributed by atoms with E-state index in [1.54, 1.807) is 7.05 Å². The number of nitrogens with zero attached hydrogens (tertiary/aromatic N) is 5. The standard InChI is InChI=1S/C22H22ClN7O/c1-29-10-27-16-5-4-14(19(23)18(16)22(29)31)15-8-26-21-20(15)25-9-17(28-21)30-12-2-3-13(30)7-11(24)6-12/h4-5,8-13H,2-3,6-7,24H2,1H3,(H,26,28). The number of rotatable bonds is 2. The van der Waals surface area contributed by atoms with E-state index in [2.05, 4.69) is 14.9 Å². The minimum atomic E-state index is -0.177. The molecule has 2 aliphatic rings. The Balaban J connectivity index is 1.45. The Bertz CT molecular complexity index is 1380. The minimum absolute atomic E-state index is 0.177. The highest BCUT2D eigenvalue weighted by Crippen LogP contribution is 2.39. The number of aryl methyl sites for hydroxylation is 1. The number of halogens is 1. The van der Waals surface area contributed by atoms with E-state index in [0.29, 0.717) is 33.7 Å². The Hall–Kier alpha value is -2.97. The van der Waals surface area contributed by atoms with Crippen LogP contribution in [0, 0.1) is 0 Å². The van der Waals surface area contributed by atoms with Gasteiger partial charge in [-0.1, -0.05) is 17.7 Å². The van der Waals surface area contributed by atoms with Gasteiger partial charge in [-0.3, -0.25) is 4.79 Å². The van der Waals surface area contributed by atoms with Crippen LogP contribution in [0.4, 0.5) is 5.82 Å². The van der Waals surface area contributed by atoms with Crippen molar-refractivity contribution in [2.24, 2.45) is 12.8 Å². The number of anilines is 1. The summed E-state index contributed by atoms with van der Waals surface area (Å²) in [7, 11) is 1.66. The molecule has 6 rings (SSSR count). The second-order valence-electron chi connectivity index (χ2n) is 8.63. The second-order valence-corrected chi connectivity index (χ2v) is 9.01. The molecule has 2 atom stereocenters. The summed E-state index contributed by atoms with van der Waals surface area (Å²) >= 11 is 6.69. The van der Waals surface area contributed by atoms with Crippen molar-refractivity contribution in [1.82, 2.24) is 24.5 Å². The molecule has 5 heterocycles. The van der Waals surface area contributed by atoms with Crippen molar-refractivity contribution in [3.05, 3.63) is 46.2 Å². The van der Waals surface area contributed by atoms with Crippen LogP contribution in [0.1, 0.15) is 25.7 Å². The maximum atomic E-state index is 12.6. The van der Waals surface area contributed by atoms with Crippen LogP contribution in [0.5, 0.6) is 0 Å². The van der Waals surface area contributed by atoms with Gasteiger partial charge in [-0.15, -0.1) is 0 Å². The number of fused-ring (bicyclic) bond motifs is 4. The summed E-state index contributed by atoms with van der Waals surface area (Å²) in [5.74, 6) is 0.892. The molecule has 31 heavy (non-hydrogen) atoms. The predicted molar refractivity (Wildman–Crippen MR) is 121 cm³/mol. The SMILES string of the molecule is Cn1cnc2ccc(-c3c[nH]c4nc(N5C6CCC5CC(N)C6)cnc34)c(Cl)c2c1=O. The van der Waals surface area contributed by atoms with E-state index in [0.717, 1.165) is 48.1 Å². The van der Waals surface area contributed by atoms with Gasteiger partial charge < -0.3 is 20.2 Å². The van der Waals surface area contributed by atoms with Gasteiger partial charge in [0.05, 0.1) is 28.4 Å². The average molecular weight is 436 g/mol. The summed E-state index contributed by atoms with van der Waals surface area (Å²) in [5.41, 5.74) is 9.60. The van der Waals surface area contributed by atoms with E-state index < -0.39 is 0 Å². The predicted octanol–water partition coefficient (Wildman–Crippen LogP) is 2.98. The van der Waals surface area contributed by atoms with E-state index in [-0.39, 0.29) is 11.6 Å². The van der Waals surface area contributed by atoms with E-state index in [9.17, 15) is 4.79 Å². The highest BCUT2D eigenvalue weighted by molar-refractivity contribution is 6.38. The smallest absolute Gasteiger partial charge is 0.262 e. The normalized spacial score (nSPS) is 23.2. The van der Waals surface area contributed by atoms with Crippen molar-refractivity contribution < 1.29 is 0 Å². The Morgan fingerprint density at radius 3 is 2.71 bits per heavy atom. The average Bonchev–Trinajstić information content (AvgIpc) is 3.29. The van der Waals surface area contributed by atoms with E-state index in [4.69, 9.17) is 27.3 Å². The molecule has 3 N–H and O–H groups in total. The molecule has 8 nitrogen and oxygen atoms in total. The lowest BCUT2D eigenvalue weighted by atomic mass is 9.98. The summed E-state index contributed by atoms with van der Waals surface area (Å²) in [6.45, 7) is 0. The zero-order chi connectivity index (χ0) is 21.3. The summed E-state index contributed by atoms with van der Waals surface area (Å²) in [6, 6.07) is 4.84. The van der Waals surface area contributed by atoms with Gasteiger partial charge in [0.1, 0.15) is 11.3 Å². The van der Waals surface area contributed by atoms with Crippen molar-refractivity contribution in [3.8, 4) is 11.1 Å². The zero-order valence-corrected chi connectivity index (χ0v) is 17.8. The molecule has 0 aliphatic carbocycles. The molecule has 0 spiro atoms. The Kier molecular flexibility index (Phi) is 4.10. The molecule has 9 heteroatoms. The molecular weight excluding hydrogens is 414 g/mol. The third kappa shape index (κ3) is 2.78. The molecule has 4 aromatic rings. The van der Waals surface area contributed by atoms with Crippen molar-refractivity contribution in [2.45, 2.75) is 43.8 Å². The number of aromatic amines is 1. The fraction of sp³-hybridized carbons (Fsp3) is 0.364. The molecule has 3 aromatic heterocycles. The fourth-order valence-corrected chi connectivity index (χ4v) is 5.61. The Morgan fingerprint density at radius 2 is 1.94 bits per heavy atom. The van der Waals surface area contributed by atoms with Gasteiger partial charge in [0.2, 0.25) is 0 Å². The van der Waals surface area contributed by atoms with E-state index >= 15 is 0 Å². The minimum Gasteiger partial charge on any atom is -0.349 e. The van der Waals surface area contributed by atoms with Crippen LogP contribution in [0.25, 0.3) is 33.2 Å². The molecule has 2 unspecified atom stereocenters. The maximum absolute atomic E-state index is 12.6. The van der Waals surface area contributed by atoms with Crippen molar-refractivity contribution >= 4 is 39.5 Å². The molecule has 2 aliphatic heterocycles. The first-order valence-electron chi connectivity index (χ1n) is 10.5. The van der Waals surface area contributed by atoms with Gasteiger partial charge in [-0.2, -0.15) is 0 Å². The van der Waals surface area contributed by atoms with Crippen LogP contribution < -0.4 is 16.2 Å². The van der Waals surface area contributed by atoms with Crippen LogP contribution >= 0.6 is 11.6 Å². The van der Waals surface area contributed by atoms with Gasteiger partial charge in [-0.05, 0) is 31.7 Å². The fourth-order valence-electron chi connectivity index (χ4n) is 5.27. The maximum Gasteiger partial charge on any atom is 0.262 e. The molecule has 0 saturated carbocycles. The number of benzene rings is 1. The Morgan fingerprint density at radius 1 is 1.16 bits per heavy atom. The van der Waals surface area contributed by atoms with Gasteiger partial charge in [-0.25, -0.2) is 15.0 Å². The third-order valence-corrected chi connectivity index (χ3v) is 7.11. The number of hydrogen-bond donors (Lipinski definition) is 2. The molecule has 0 amide bonds. The van der Waals surface area contributed by atoms with Crippen LogP contribution in [0.15, 0.2) is 35.6 Å². The van der Waals surface area contributed by atoms with Gasteiger partial charge in [0.25, 0.3) is 5.56 Å². The lowest BCUT2D eigenvalue weighted by Crippen LogP contribution is -2.47. The highest BCUT2D eigenvalue weighted by atomic mass is 35.5. The molecule has 1 aromatic carbocycles. The first kappa shape index (κ1) is 18.8. The largest absolute Gasteiger partial charge is 0.349 e. The second kappa shape index (κ2) is 6.77. The third-order valence-electron chi connectivity index (χ3n) is 6.72. The summed E-state index contributed by atoms with van der Waals surface area (Å²) in [4.78, 5) is 32.2. The van der Waals surface area contributed by atoms with E-state index in [1.807, 2.05) is 24.5 Å². The van der Waals surface area contributed by atoms with E-state index in [1.165, 1.54) is 10.9 Å². The number of nitrogens with two attached hydrogens (primary N) is 1. The van der Waals surface area contributed by atoms with Crippen molar-refractivity contribution in [1.29, 1.82) is 0 Å². The van der Waals surface area contributed by atoms with Gasteiger partial charge in [0, 0.05) is 42.5 Å². The number of H-pyrrole nitrogens is 1. The van der Waals surface area contributed by atoms with Crippen molar-refractivity contribution in [2.75, 3.05) is 4.90 Å². The molecule has 2 fully saturated rings. The number of aromatic nitrogens is 5. The summed E-state index contributed by atoms with van der Waals surface area (Å²) in [6.07, 6.45) is 9.51. The molecule has 158 valence electrons. The highest BCUT2D eigenvalue weighted by Gasteiger charge is 2.40. The number of nitrogens with one attached hydrogen (secondary N) is 1. The molecule has 0 radical (unpaired) electrons. The molecule has 2 saturated heterocycles. The first-order chi connectivity index (χ1) is 15.0. The molecule has 2 bridgehead atoms. The quantitative estimate of drug-likeness (QED) is 0.501. The lowest BCUT2D eigenvalue weighted by molar-refractivity contribution is 0.412. The summed E-state index contributed by atoms with van der Waals surface area (Å²) in [5, 5.41) is 0.783. The van der Waals surface area contributed by atoms with Gasteiger partial charge in [0.15, 0.2) is 5.65 Å². The summed E-state index contributed by atoms with van der Waals surface area (Å²) < 4.78 is 1.43. The van der Waals surface area contributed by atoms with Crippen molar-refractivity contribution in [3.63, 3.8) is 0 Å². The van der Waals surface area contributed by atoms with Crippen LogP contribution in [-0.2, 0) is 7.05 Å². The number of hydrogen-bond acceptors (Lipinski definition) is 6. The van der Waals surface area contributed by atoms with Crippen LogP contribution in [-0.4, -0.2) is 42.6 Å². The van der Waals surface area contributed by atoms with Gasteiger partial charge >= 0.3 is 0 Å². The molecular formula is C22H22ClN7O.